The van der Waals surface area contributed by atoms with E-state index in [0.29, 0.717) is 24.1 Å². The third kappa shape index (κ3) is 4.16. The number of Topliss-reactive ketones (excluding diaryl/α,β-unsaturated/α-hetero) is 1. The molecule has 4 rings (SSSR count). The smallest absolute Gasteiger partial charge is 0.410 e. The lowest BCUT2D eigenvalue weighted by atomic mass is 9.76. The van der Waals surface area contributed by atoms with E-state index in [0.717, 1.165) is 31.0 Å². The van der Waals surface area contributed by atoms with E-state index < -0.39 is 5.82 Å². The quantitative estimate of drug-likeness (QED) is 0.704. The van der Waals surface area contributed by atoms with Gasteiger partial charge in [-0.25, -0.2) is 14.2 Å². The number of hydrogen-bond acceptors (Lipinski definition) is 4. The lowest BCUT2D eigenvalue weighted by Gasteiger charge is -2.47. The van der Waals surface area contributed by atoms with E-state index in [4.69, 9.17) is 4.74 Å². The Hall–Kier alpha value is -2.76. The highest BCUT2D eigenvalue weighted by Crippen LogP contribution is 2.39. The molecule has 2 aliphatic rings. The summed E-state index contributed by atoms with van der Waals surface area (Å²) in [5, 5.41) is 0. The standard InChI is InChI=1S/C23H25FN2O3/c1-15-10-18(24)13-25-21(15)22(27)17-11-19-8-5-9-20(12-17)26(19)23(28)29-14-16-6-3-2-4-7-16/h2-4,6-7,10,13,17,19-20H,5,8-9,11-12,14H2,1H3. The molecule has 29 heavy (non-hydrogen) atoms. The highest BCUT2D eigenvalue weighted by atomic mass is 19.1. The molecule has 1 aromatic heterocycles. The zero-order valence-electron chi connectivity index (χ0n) is 16.5. The number of carbonyl (C=O) groups excluding carboxylic acids is 2. The van der Waals surface area contributed by atoms with Gasteiger partial charge in [0.2, 0.25) is 0 Å². The summed E-state index contributed by atoms with van der Waals surface area (Å²) < 4.78 is 18.9. The van der Waals surface area contributed by atoms with Crippen LogP contribution in [0.4, 0.5) is 9.18 Å². The highest BCUT2D eigenvalue weighted by Gasteiger charge is 2.44. The maximum absolute atomic E-state index is 13.3. The van der Waals surface area contributed by atoms with Crippen LogP contribution in [0.5, 0.6) is 0 Å². The molecule has 2 saturated heterocycles. The molecule has 0 N–H and O–H groups in total. The van der Waals surface area contributed by atoms with Crippen molar-refractivity contribution < 1.29 is 18.7 Å². The number of aryl methyl sites for hydroxylation is 1. The Balaban J connectivity index is 1.44. The molecule has 2 fully saturated rings. The van der Waals surface area contributed by atoms with Crippen LogP contribution >= 0.6 is 0 Å². The summed E-state index contributed by atoms with van der Waals surface area (Å²) in [4.78, 5) is 31.7. The summed E-state index contributed by atoms with van der Waals surface area (Å²) in [5.41, 5.74) is 1.85. The second-order valence-corrected chi connectivity index (χ2v) is 8.04. The maximum Gasteiger partial charge on any atom is 0.410 e. The number of ether oxygens (including phenoxy) is 1. The molecule has 0 saturated carbocycles. The number of ketones is 1. The maximum atomic E-state index is 13.3. The number of piperidine rings is 2. The van der Waals surface area contributed by atoms with Gasteiger partial charge >= 0.3 is 6.09 Å². The second kappa shape index (κ2) is 8.31. The van der Waals surface area contributed by atoms with Gasteiger partial charge in [0.25, 0.3) is 0 Å². The number of benzene rings is 1. The minimum Gasteiger partial charge on any atom is -0.445 e. The van der Waals surface area contributed by atoms with Crippen molar-refractivity contribution in [3.8, 4) is 0 Å². The summed E-state index contributed by atoms with van der Waals surface area (Å²) in [6.45, 7) is 1.96. The van der Waals surface area contributed by atoms with Crippen molar-refractivity contribution in [2.24, 2.45) is 5.92 Å². The third-order valence-corrected chi connectivity index (χ3v) is 6.04. The Kier molecular flexibility index (Phi) is 5.60. The van der Waals surface area contributed by atoms with E-state index in [1.165, 1.54) is 6.07 Å². The Morgan fingerprint density at radius 2 is 1.86 bits per heavy atom. The van der Waals surface area contributed by atoms with Crippen molar-refractivity contribution in [3.05, 3.63) is 65.2 Å². The molecule has 1 amide bonds. The Morgan fingerprint density at radius 3 is 2.52 bits per heavy atom. The monoisotopic (exact) mass is 396 g/mol. The molecule has 2 aliphatic heterocycles. The molecule has 0 aliphatic carbocycles. The van der Waals surface area contributed by atoms with Gasteiger partial charge in [-0.05, 0) is 56.2 Å². The lowest BCUT2D eigenvalue weighted by Crippen LogP contribution is -2.55. The van der Waals surface area contributed by atoms with Gasteiger partial charge in [-0.3, -0.25) is 4.79 Å². The van der Waals surface area contributed by atoms with Gasteiger partial charge in [-0.1, -0.05) is 30.3 Å². The van der Waals surface area contributed by atoms with Gasteiger partial charge in [0.1, 0.15) is 18.1 Å². The van der Waals surface area contributed by atoms with Crippen LogP contribution < -0.4 is 0 Å². The van der Waals surface area contributed by atoms with Crippen molar-refractivity contribution in [3.63, 3.8) is 0 Å². The minimum absolute atomic E-state index is 0.000442. The summed E-state index contributed by atoms with van der Waals surface area (Å²) in [7, 11) is 0. The topological polar surface area (TPSA) is 59.5 Å². The average molecular weight is 396 g/mol. The van der Waals surface area contributed by atoms with Crippen molar-refractivity contribution in [2.75, 3.05) is 0 Å². The van der Waals surface area contributed by atoms with Crippen LogP contribution in [0, 0.1) is 18.7 Å². The predicted molar refractivity (Wildman–Crippen MR) is 106 cm³/mol. The third-order valence-electron chi connectivity index (χ3n) is 6.04. The first-order valence-electron chi connectivity index (χ1n) is 10.2. The van der Waals surface area contributed by atoms with Gasteiger partial charge < -0.3 is 9.64 Å². The first-order valence-corrected chi connectivity index (χ1v) is 10.2. The number of halogens is 1. The molecule has 6 heteroatoms. The number of carbonyl (C=O) groups is 2. The summed E-state index contributed by atoms with van der Waals surface area (Å²) in [5.74, 6) is -0.677. The Morgan fingerprint density at radius 1 is 1.17 bits per heavy atom. The fourth-order valence-electron chi connectivity index (χ4n) is 4.68. The van der Waals surface area contributed by atoms with E-state index in [1.807, 2.05) is 35.2 Å². The Labute approximate surface area is 169 Å². The molecular formula is C23H25FN2O3. The van der Waals surface area contributed by atoms with Crippen LogP contribution in [0.15, 0.2) is 42.6 Å². The van der Waals surface area contributed by atoms with Crippen molar-refractivity contribution in [2.45, 2.75) is 57.7 Å². The molecule has 2 unspecified atom stereocenters. The van der Waals surface area contributed by atoms with Crippen molar-refractivity contribution >= 4 is 11.9 Å². The lowest BCUT2D eigenvalue weighted by molar-refractivity contribution is 0.00461. The molecule has 2 aromatic rings. The first kappa shape index (κ1) is 19.6. The van der Waals surface area contributed by atoms with Crippen LogP contribution in [0.25, 0.3) is 0 Å². The molecule has 3 heterocycles. The summed E-state index contributed by atoms with van der Waals surface area (Å²) >= 11 is 0. The number of hydrogen-bond donors (Lipinski definition) is 0. The van der Waals surface area contributed by atoms with E-state index >= 15 is 0 Å². The van der Waals surface area contributed by atoms with Crippen LogP contribution in [0.2, 0.25) is 0 Å². The Bertz CT molecular complexity index is 888. The van der Waals surface area contributed by atoms with Crippen molar-refractivity contribution in [1.29, 1.82) is 0 Å². The highest BCUT2D eigenvalue weighted by molar-refractivity contribution is 5.97. The fourth-order valence-corrected chi connectivity index (χ4v) is 4.68. The SMILES string of the molecule is Cc1cc(F)cnc1C(=O)C1CC2CCCC(C1)N2C(=O)OCc1ccccc1. The predicted octanol–water partition coefficient (Wildman–Crippen LogP) is 4.68. The number of pyridine rings is 1. The van der Waals surface area contributed by atoms with E-state index in [-0.39, 0.29) is 36.5 Å². The number of fused-ring (bicyclic) bond motifs is 2. The second-order valence-electron chi connectivity index (χ2n) is 8.04. The van der Waals surface area contributed by atoms with E-state index in [9.17, 15) is 14.0 Å². The molecule has 5 nitrogen and oxygen atoms in total. The average Bonchev–Trinajstić information content (AvgIpc) is 2.71. The van der Waals surface area contributed by atoms with Crippen molar-refractivity contribution in [1.82, 2.24) is 9.88 Å². The normalized spacial score (nSPS) is 23.5. The summed E-state index contributed by atoms with van der Waals surface area (Å²) in [6.07, 6.45) is 4.80. The fraction of sp³-hybridized carbons (Fsp3) is 0.435. The summed E-state index contributed by atoms with van der Waals surface area (Å²) in [6, 6.07) is 11.0. The number of rotatable bonds is 4. The molecule has 1 aromatic carbocycles. The van der Waals surface area contributed by atoms with E-state index in [1.54, 1.807) is 6.92 Å². The largest absolute Gasteiger partial charge is 0.445 e. The van der Waals surface area contributed by atoms with Gasteiger partial charge in [-0.15, -0.1) is 0 Å². The zero-order valence-corrected chi connectivity index (χ0v) is 16.5. The molecule has 0 spiro atoms. The van der Waals surface area contributed by atoms with Crippen LogP contribution in [0.1, 0.15) is 53.7 Å². The van der Waals surface area contributed by atoms with Gasteiger partial charge in [0, 0.05) is 18.0 Å². The number of nitrogens with zero attached hydrogens (tertiary/aromatic N) is 2. The first-order chi connectivity index (χ1) is 14.0. The molecule has 2 atom stereocenters. The zero-order chi connectivity index (χ0) is 20.4. The molecule has 2 bridgehead atoms. The minimum atomic E-state index is -0.438. The molecule has 152 valence electrons. The van der Waals surface area contributed by atoms with Crippen LogP contribution in [-0.2, 0) is 11.3 Å². The molecule has 0 radical (unpaired) electrons. The van der Waals surface area contributed by atoms with Gasteiger partial charge in [-0.2, -0.15) is 0 Å². The van der Waals surface area contributed by atoms with Gasteiger partial charge in [0.05, 0.1) is 6.20 Å². The number of aromatic nitrogens is 1. The van der Waals surface area contributed by atoms with E-state index in [2.05, 4.69) is 4.98 Å². The molecular weight excluding hydrogens is 371 g/mol. The van der Waals surface area contributed by atoms with Crippen LogP contribution in [0.3, 0.4) is 0 Å². The number of amides is 1. The van der Waals surface area contributed by atoms with Crippen LogP contribution in [-0.4, -0.2) is 33.8 Å². The van der Waals surface area contributed by atoms with Gasteiger partial charge in [0.15, 0.2) is 5.78 Å².